The van der Waals surface area contributed by atoms with E-state index >= 15 is 0 Å². The Morgan fingerprint density at radius 2 is 2.15 bits per heavy atom. The van der Waals surface area contributed by atoms with Gasteiger partial charge < -0.3 is 0 Å². The lowest BCUT2D eigenvalue weighted by molar-refractivity contribution is -0.380. The molecule has 1 aromatic rings. The standard InChI is InChI=1S/C6H3F2NO3S/c7-6(8)5(10)3-1-2-4(13-3)9(11)12/h1-2,6H. The minimum Gasteiger partial charge on any atom is -0.287 e. The molecule has 7 heteroatoms. The summed E-state index contributed by atoms with van der Waals surface area (Å²) < 4.78 is 23.6. The highest BCUT2D eigenvalue weighted by molar-refractivity contribution is 7.17. The Kier molecular flexibility index (Phi) is 2.66. The second-order valence-electron chi connectivity index (χ2n) is 2.06. The quantitative estimate of drug-likeness (QED) is 0.433. The van der Waals surface area contributed by atoms with Gasteiger partial charge in [0.25, 0.3) is 0 Å². The number of nitrogens with zero attached hydrogens (tertiary/aromatic N) is 1. The molecule has 0 atom stereocenters. The molecule has 0 bridgehead atoms. The largest absolute Gasteiger partial charge is 0.324 e. The smallest absolute Gasteiger partial charge is 0.287 e. The molecular formula is C6H3F2NO3S. The van der Waals surface area contributed by atoms with E-state index in [2.05, 4.69) is 0 Å². The maximum absolute atomic E-state index is 11.8. The van der Waals surface area contributed by atoms with Crippen molar-refractivity contribution in [1.82, 2.24) is 0 Å². The van der Waals surface area contributed by atoms with Crippen molar-refractivity contribution in [3.63, 3.8) is 0 Å². The summed E-state index contributed by atoms with van der Waals surface area (Å²) >= 11 is 0.449. The van der Waals surface area contributed by atoms with Crippen molar-refractivity contribution in [3.8, 4) is 0 Å². The molecule has 0 unspecified atom stereocenters. The van der Waals surface area contributed by atoms with Crippen molar-refractivity contribution in [2.45, 2.75) is 6.43 Å². The number of nitro groups is 1. The summed E-state index contributed by atoms with van der Waals surface area (Å²) in [5.74, 6) is -1.38. The zero-order valence-corrected chi connectivity index (χ0v) is 6.88. The molecule has 0 saturated carbocycles. The van der Waals surface area contributed by atoms with Crippen molar-refractivity contribution < 1.29 is 18.5 Å². The summed E-state index contributed by atoms with van der Waals surface area (Å²) in [6.07, 6.45) is -3.11. The highest BCUT2D eigenvalue weighted by atomic mass is 32.1. The number of Topliss-reactive ketones (excluding diaryl/α,β-unsaturated/α-hetero) is 1. The van der Waals surface area contributed by atoms with Gasteiger partial charge in [0.05, 0.1) is 9.80 Å². The van der Waals surface area contributed by atoms with Gasteiger partial charge in [-0.2, -0.15) is 0 Å². The van der Waals surface area contributed by atoms with Crippen LogP contribution in [0.25, 0.3) is 0 Å². The van der Waals surface area contributed by atoms with Gasteiger partial charge in [-0.3, -0.25) is 14.9 Å². The van der Waals surface area contributed by atoms with E-state index in [1.54, 1.807) is 0 Å². The fraction of sp³-hybridized carbons (Fsp3) is 0.167. The molecule has 0 fully saturated rings. The first-order valence-electron chi connectivity index (χ1n) is 3.09. The fourth-order valence-electron chi connectivity index (χ4n) is 0.666. The van der Waals surface area contributed by atoms with Crippen molar-refractivity contribution >= 4 is 22.1 Å². The van der Waals surface area contributed by atoms with Gasteiger partial charge in [-0.05, 0) is 6.07 Å². The van der Waals surface area contributed by atoms with Crippen LogP contribution in [0.2, 0.25) is 0 Å². The second-order valence-corrected chi connectivity index (χ2v) is 3.12. The van der Waals surface area contributed by atoms with E-state index in [1.807, 2.05) is 0 Å². The first kappa shape index (κ1) is 9.72. The number of halogens is 2. The Balaban J connectivity index is 2.92. The Morgan fingerprint density at radius 1 is 1.54 bits per heavy atom. The van der Waals surface area contributed by atoms with E-state index in [1.165, 1.54) is 0 Å². The van der Waals surface area contributed by atoms with Gasteiger partial charge in [0.2, 0.25) is 5.78 Å². The average Bonchev–Trinajstić information content (AvgIpc) is 2.50. The lowest BCUT2D eigenvalue weighted by atomic mass is 10.3. The molecule has 4 nitrogen and oxygen atoms in total. The first-order chi connectivity index (χ1) is 6.02. The van der Waals surface area contributed by atoms with E-state index in [0.29, 0.717) is 11.3 Å². The van der Waals surface area contributed by atoms with Crippen LogP contribution in [-0.2, 0) is 0 Å². The molecule has 1 rings (SSSR count). The predicted octanol–water partition coefficient (Wildman–Crippen LogP) is 2.10. The monoisotopic (exact) mass is 207 g/mol. The molecule has 0 amide bonds. The van der Waals surface area contributed by atoms with Gasteiger partial charge in [-0.1, -0.05) is 11.3 Å². The molecule has 0 saturated heterocycles. The second kappa shape index (κ2) is 3.56. The highest BCUT2D eigenvalue weighted by Crippen LogP contribution is 2.25. The van der Waals surface area contributed by atoms with Crippen LogP contribution in [0.1, 0.15) is 9.67 Å². The molecule has 13 heavy (non-hydrogen) atoms. The Labute approximate surface area is 74.9 Å². The number of ketones is 1. The summed E-state index contributed by atoms with van der Waals surface area (Å²) in [5.41, 5.74) is 0. The normalized spacial score (nSPS) is 10.4. The fourth-order valence-corrected chi connectivity index (χ4v) is 1.43. The molecule has 0 radical (unpaired) electrons. The lowest BCUT2D eigenvalue weighted by Crippen LogP contribution is -2.07. The zero-order chi connectivity index (χ0) is 10.0. The SMILES string of the molecule is O=C(c1ccc([N+](=O)[O-])s1)C(F)F. The predicted molar refractivity (Wildman–Crippen MR) is 41.3 cm³/mol. The van der Waals surface area contributed by atoms with Gasteiger partial charge in [0, 0.05) is 6.07 Å². The third kappa shape index (κ3) is 2.05. The number of thiophene rings is 1. The summed E-state index contributed by atoms with van der Waals surface area (Å²) in [4.78, 5) is 19.7. The molecule has 0 N–H and O–H groups in total. The minimum atomic E-state index is -3.11. The van der Waals surface area contributed by atoms with Crippen LogP contribution >= 0.6 is 11.3 Å². The van der Waals surface area contributed by atoms with Gasteiger partial charge in [0.15, 0.2) is 0 Å². The topological polar surface area (TPSA) is 60.2 Å². The molecule has 0 spiro atoms. The average molecular weight is 207 g/mol. The van der Waals surface area contributed by atoms with Gasteiger partial charge >= 0.3 is 11.4 Å². The van der Waals surface area contributed by atoms with Crippen LogP contribution in [0, 0.1) is 10.1 Å². The maximum Gasteiger partial charge on any atom is 0.324 e. The number of rotatable bonds is 3. The molecular weight excluding hydrogens is 204 g/mol. The van der Waals surface area contributed by atoms with Crippen molar-refractivity contribution in [2.24, 2.45) is 0 Å². The van der Waals surface area contributed by atoms with Gasteiger partial charge in [-0.25, -0.2) is 8.78 Å². The molecule has 0 aliphatic heterocycles. The van der Waals surface area contributed by atoms with Crippen LogP contribution in [0.3, 0.4) is 0 Å². The molecule has 0 aliphatic rings. The third-order valence-electron chi connectivity index (χ3n) is 1.21. The summed E-state index contributed by atoms with van der Waals surface area (Å²) in [7, 11) is 0. The summed E-state index contributed by atoms with van der Waals surface area (Å²) in [5, 5.41) is 9.81. The number of alkyl halides is 2. The van der Waals surface area contributed by atoms with Crippen LogP contribution < -0.4 is 0 Å². The molecule has 0 aromatic carbocycles. The van der Waals surface area contributed by atoms with E-state index in [0.717, 1.165) is 12.1 Å². The van der Waals surface area contributed by atoms with E-state index < -0.39 is 17.1 Å². The van der Waals surface area contributed by atoms with Gasteiger partial charge in [-0.15, -0.1) is 0 Å². The van der Waals surface area contributed by atoms with Crippen LogP contribution in [0.5, 0.6) is 0 Å². The minimum absolute atomic E-state index is 0.290. The number of hydrogen-bond donors (Lipinski definition) is 0. The zero-order valence-electron chi connectivity index (χ0n) is 6.07. The Bertz CT molecular complexity index is 349. The Morgan fingerprint density at radius 3 is 2.54 bits per heavy atom. The van der Waals surface area contributed by atoms with Crippen LogP contribution in [-0.4, -0.2) is 17.1 Å². The van der Waals surface area contributed by atoms with E-state index in [4.69, 9.17) is 0 Å². The molecule has 1 aromatic heterocycles. The van der Waals surface area contributed by atoms with Crippen molar-refractivity contribution in [1.29, 1.82) is 0 Å². The number of hydrogen-bond acceptors (Lipinski definition) is 4. The van der Waals surface area contributed by atoms with Crippen molar-refractivity contribution in [2.75, 3.05) is 0 Å². The summed E-state index contributed by atoms with van der Waals surface area (Å²) in [6.45, 7) is 0. The molecule has 70 valence electrons. The highest BCUT2D eigenvalue weighted by Gasteiger charge is 2.22. The summed E-state index contributed by atoms with van der Waals surface area (Å²) in [6, 6.07) is 2.05. The van der Waals surface area contributed by atoms with Crippen LogP contribution in [0.15, 0.2) is 12.1 Å². The van der Waals surface area contributed by atoms with Crippen LogP contribution in [0.4, 0.5) is 13.8 Å². The lowest BCUT2D eigenvalue weighted by Gasteiger charge is -1.91. The van der Waals surface area contributed by atoms with E-state index in [-0.39, 0.29) is 9.88 Å². The number of carbonyl (C=O) groups is 1. The van der Waals surface area contributed by atoms with E-state index in [9.17, 15) is 23.7 Å². The van der Waals surface area contributed by atoms with Gasteiger partial charge in [0.1, 0.15) is 0 Å². The van der Waals surface area contributed by atoms with Crippen molar-refractivity contribution in [3.05, 3.63) is 27.1 Å². The molecule has 0 aliphatic carbocycles. The third-order valence-corrected chi connectivity index (χ3v) is 2.26. The number of carbonyl (C=O) groups excluding carboxylic acids is 1. The molecule has 1 heterocycles. The first-order valence-corrected chi connectivity index (χ1v) is 3.90. The Hall–Kier alpha value is -1.37. The maximum atomic E-state index is 11.8.